The Bertz CT molecular complexity index is 345. The van der Waals surface area contributed by atoms with E-state index in [0.29, 0.717) is 25.3 Å². The number of rotatable bonds is 3. The highest BCUT2D eigenvalue weighted by Gasteiger charge is 2.43. The minimum Gasteiger partial charge on any atom is -0.393 e. The van der Waals surface area contributed by atoms with Gasteiger partial charge in [-0.05, 0) is 44.4 Å². The van der Waals surface area contributed by atoms with Crippen LogP contribution in [0.25, 0.3) is 0 Å². The smallest absolute Gasteiger partial charge is 0.391 e. The van der Waals surface area contributed by atoms with Crippen molar-refractivity contribution in [2.45, 2.75) is 50.8 Å². The van der Waals surface area contributed by atoms with Crippen molar-refractivity contribution < 1.29 is 23.1 Å². The summed E-state index contributed by atoms with van der Waals surface area (Å²) in [6.07, 6.45) is -2.13. The van der Waals surface area contributed by atoms with Gasteiger partial charge < -0.3 is 10.0 Å². The Labute approximate surface area is 117 Å². The first-order valence-corrected chi connectivity index (χ1v) is 7.27. The van der Waals surface area contributed by atoms with Gasteiger partial charge >= 0.3 is 6.18 Å². The zero-order chi connectivity index (χ0) is 14.9. The minimum absolute atomic E-state index is 0.0352. The number of halogens is 3. The van der Waals surface area contributed by atoms with Crippen LogP contribution in [0.4, 0.5) is 13.2 Å². The number of hydrogen-bond donors (Lipinski definition) is 1. The van der Waals surface area contributed by atoms with E-state index >= 15 is 0 Å². The number of carbonyl (C=O) groups is 1. The van der Waals surface area contributed by atoms with Gasteiger partial charge in [0.15, 0.2) is 0 Å². The predicted octanol–water partition coefficient (Wildman–Crippen LogP) is 2.58. The molecule has 0 atom stereocenters. The van der Waals surface area contributed by atoms with Gasteiger partial charge in [-0.3, -0.25) is 4.79 Å². The average molecular weight is 293 g/mol. The molecule has 0 aliphatic heterocycles. The first kappa shape index (κ1) is 15.6. The molecule has 0 bridgehead atoms. The number of aliphatic hydroxyl groups excluding tert-OH is 1. The summed E-state index contributed by atoms with van der Waals surface area (Å²) in [6.45, 7) is 0.606. The van der Waals surface area contributed by atoms with Gasteiger partial charge in [-0.25, -0.2) is 0 Å². The van der Waals surface area contributed by atoms with Gasteiger partial charge in [-0.2, -0.15) is 13.2 Å². The number of aliphatic hydroxyl groups is 1. The van der Waals surface area contributed by atoms with Crippen LogP contribution in [-0.2, 0) is 4.79 Å². The summed E-state index contributed by atoms with van der Waals surface area (Å²) in [4.78, 5) is 13.8. The molecule has 0 unspecified atom stereocenters. The van der Waals surface area contributed by atoms with Crippen LogP contribution in [0.3, 0.4) is 0 Å². The fourth-order valence-corrected chi connectivity index (χ4v) is 3.31. The van der Waals surface area contributed by atoms with Gasteiger partial charge in [0.25, 0.3) is 0 Å². The molecule has 3 nitrogen and oxygen atoms in total. The Morgan fingerprint density at radius 2 is 1.75 bits per heavy atom. The van der Waals surface area contributed by atoms with Crippen LogP contribution in [0, 0.1) is 17.8 Å². The largest absolute Gasteiger partial charge is 0.393 e. The van der Waals surface area contributed by atoms with Gasteiger partial charge in [0.05, 0.1) is 12.0 Å². The van der Waals surface area contributed by atoms with Crippen LogP contribution in [0.2, 0.25) is 0 Å². The van der Waals surface area contributed by atoms with Crippen molar-refractivity contribution >= 4 is 5.91 Å². The number of hydrogen-bond acceptors (Lipinski definition) is 2. The lowest BCUT2D eigenvalue weighted by Crippen LogP contribution is -2.42. The van der Waals surface area contributed by atoms with Gasteiger partial charge in [0, 0.05) is 19.5 Å². The third kappa shape index (κ3) is 3.65. The maximum atomic E-state index is 12.6. The summed E-state index contributed by atoms with van der Waals surface area (Å²) in [5.74, 6) is -1.19. The number of carbonyl (C=O) groups excluding carboxylic acids is 1. The first-order valence-electron chi connectivity index (χ1n) is 7.27. The Morgan fingerprint density at radius 1 is 1.20 bits per heavy atom. The van der Waals surface area contributed by atoms with Crippen molar-refractivity contribution in [3.05, 3.63) is 0 Å². The molecule has 2 fully saturated rings. The molecule has 0 aromatic carbocycles. The van der Waals surface area contributed by atoms with Crippen molar-refractivity contribution in [2.24, 2.45) is 17.8 Å². The molecule has 2 aliphatic carbocycles. The number of amides is 1. The highest BCUT2D eigenvalue weighted by molar-refractivity contribution is 5.78. The SMILES string of the molecule is CN(CC1CC(O)C1)C(=O)C1CCC(C(F)(F)F)CC1. The minimum atomic E-state index is -4.12. The quantitative estimate of drug-likeness (QED) is 0.869. The molecule has 2 rings (SSSR count). The molecular formula is C14H22F3NO2. The third-order valence-corrected chi connectivity index (χ3v) is 4.66. The fraction of sp³-hybridized carbons (Fsp3) is 0.929. The van der Waals surface area contributed by atoms with E-state index in [0.717, 1.165) is 12.8 Å². The number of alkyl halides is 3. The Hall–Kier alpha value is -0.780. The molecule has 116 valence electrons. The molecule has 0 saturated heterocycles. The lowest BCUT2D eigenvalue weighted by molar-refractivity contribution is -0.185. The predicted molar refractivity (Wildman–Crippen MR) is 67.9 cm³/mol. The molecule has 0 aromatic heterocycles. The van der Waals surface area contributed by atoms with E-state index in [1.807, 2.05) is 0 Å². The van der Waals surface area contributed by atoms with E-state index in [4.69, 9.17) is 0 Å². The van der Waals surface area contributed by atoms with E-state index in [-0.39, 0.29) is 30.8 Å². The van der Waals surface area contributed by atoms with Gasteiger partial charge in [0.1, 0.15) is 0 Å². The van der Waals surface area contributed by atoms with Crippen molar-refractivity contribution in [3.63, 3.8) is 0 Å². The average Bonchev–Trinajstić information content (AvgIpc) is 2.35. The Balaban J connectivity index is 1.76. The second kappa shape index (κ2) is 5.92. The summed E-state index contributed by atoms with van der Waals surface area (Å²) < 4.78 is 37.7. The van der Waals surface area contributed by atoms with Crippen molar-refractivity contribution in [2.75, 3.05) is 13.6 Å². The Kier molecular flexibility index (Phi) is 4.62. The highest BCUT2D eigenvalue weighted by Crippen LogP contribution is 2.40. The molecule has 6 heteroatoms. The molecular weight excluding hydrogens is 271 g/mol. The molecule has 0 heterocycles. The topological polar surface area (TPSA) is 40.5 Å². The van der Waals surface area contributed by atoms with Crippen LogP contribution in [-0.4, -0.2) is 41.8 Å². The maximum absolute atomic E-state index is 12.6. The zero-order valence-corrected chi connectivity index (χ0v) is 11.7. The standard InChI is InChI=1S/C14H22F3NO2/c1-18(8-9-6-12(19)7-9)13(20)10-2-4-11(5-3-10)14(15,16)17/h9-12,19H,2-8H2,1H3. The molecule has 2 aliphatic rings. The molecule has 1 amide bonds. The summed E-state index contributed by atoms with van der Waals surface area (Å²) in [7, 11) is 1.71. The van der Waals surface area contributed by atoms with Crippen LogP contribution in [0.5, 0.6) is 0 Å². The monoisotopic (exact) mass is 293 g/mol. The van der Waals surface area contributed by atoms with E-state index in [2.05, 4.69) is 0 Å². The summed E-state index contributed by atoms with van der Waals surface area (Å²) >= 11 is 0. The lowest BCUT2D eigenvalue weighted by atomic mass is 9.80. The van der Waals surface area contributed by atoms with Crippen LogP contribution in [0.1, 0.15) is 38.5 Å². The molecule has 20 heavy (non-hydrogen) atoms. The number of nitrogens with zero attached hydrogens (tertiary/aromatic N) is 1. The van der Waals surface area contributed by atoms with E-state index in [9.17, 15) is 23.1 Å². The van der Waals surface area contributed by atoms with Crippen LogP contribution < -0.4 is 0 Å². The highest BCUT2D eigenvalue weighted by atomic mass is 19.4. The van der Waals surface area contributed by atoms with Gasteiger partial charge in [-0.15, -0.1) is 0 Å². The lowest BCUT2D eigenvalue weighted by Gasteiger charge is -2.36. The first-order chi connectivity index (χ1) is 9.27. The normalized spacial score (nSPS) is 34.5. The maximum Gasteiger partial charge on any atom is 0.391 e. The van der Waals surface area contributed by atoms with E-state index < -0.39 is 12.1 Å². The molecule has 0 radical (unpaired) electrons. The molecule has 0 aromatic rings. The zero-order valence-electron chi connectivity index (χ0n) is 11.7. The van der Waals surface area contributed by atoms with Gasteiger partial charge in [0.2, 0.25) is 5.91 Å². The Morgan fingerprint density at radius 3 is 2.20 bits per heavy atom. The van der Waals surface area contributed by atoms with Crippen molar-refractivity contribution in [1.82, 2.24) is 4.90 Å². The second-order valence-electron chi connectivity index (χ2n) is 6.30. The second-order valence-corrected chi connectivity index (χ2v) is 6.30. The summed E-state index contributed by atoms with van der Waals surface area (Å²) in [6, 6.07) is 0. The third-order valence-electron chi connectivity index (χ3n) is 4.66. The van der Waals surface area contributed by atoms with Crippen molar-refractivity contribution in [3.8, 4) is 0 Å². The fourth-order valence-electron chi connectivity index (χ4n) is 3.31. The van der Waals surface area contributed by atoms with Crippen molar-refractivity contribution in [1.29, 1.82) is 0 Å². The molecule has 1 N–H and O–H groups in total. The van der Waals surface area contributed by atoms with E-state index in [1.165, 1.54) is 0 Å². The van der Waals surface area contributed by atoms with Gasteiger partial charge in [-0.1, -0.05) is 0 Å². The molecule has 2 saturated carbocycles. The summed E-state index contributed by atoms with van der Waals surface area (Å²) in [5.41, 5.74) is 0. The van der Waals surface area contributed by atoms with Crippen LogP contribution >= 0.6 is 0 Å². The molecule has 0 spiro atoms. The van der Waals surface area contributed by atoms with Crippen LogP contribution in [0.15, 0.2) is 0 Å². The van der Waals surface area contributed by atoms with E-state index in [1.54, 1.807) is 11.9 Å². The summed E-state index contributed by atoms with van der Waals surface area (Å²) in [5, 5.41) is 9.21.